The third-order valence-electron chi connectivity index (χ3n) is 2.62. The molecule has 0 fully saturated rings. The third-order valence-corrected chi connectivity index (χ3v) is 4.09. The first-order valence-corrected chi connectivity index (χ1v) is 7.95. The first-order valence-electron chi connectivity index (χ1n) is 6.59. The Balaban J connectivity index is 2.54. The summed E-state index contributed by atoms with van der Waals surface area (Å²) in [5, 5.41) is 4.33. The van der Waals surface area contributed by atoms with Crippen LogP contribution in [0, 0.1) is 0 Å². The molecule has 0 amide bonds. The molecular weight excluding hydrogens is 276 g/mol. The number of hydrogen-bond donors (Lipinski definition) is 1. The molecule has 4 heteroatoms. The van der Waals surface area contributed by atoms with E-state index >= 15 is 0 Å². The second kappa shape index (κ2) is 7.53. The molecule has 1 aromatic rings. The van der Waals surface area contributed by atoms with Crippen molar-refractivity contribution in [3.63, 3.8) is 0 Å². The Morgan fingerprint density at radius 3 is 2.47 bits per heavy atom. The van der Waals surface area contributed by atoms with Crippen LogP contribution in [0.5, 0.6) is 0 Å². The SMILES string of the molecule is CN(C)CCSc1ccc(CNC(C)(C)C)cc1Cl. The summed E-state index contributed by atoms with van der Waals surface area (Å²) in [5.74, 6) is 1.06. The van der Waals surface area contributed by atoms with Gasteiger partial charge in [0.15, 0.2) is 0 Å². The van der Waals surface area contributed by atoms with Crippen LogP contribution in [0.25, 0.3) is 0 Å². The summed E-state index contributed by atoms with van der Waals surface area (Å²) in [7, 11) is 4.17. The lowest BCUT2D eigenvalue weighted by atomic mass is 10.1. The van der Waals surface area contributed by atoms with E-state index in [1.165, 1.54) is 10.5 Å². The molecule has 0 aliphatic carbocycles. The van der Waals surface area contributed by atoms with E-state index in [1.54, 1.807) is 0 Å². The van der Waals surface area contributed by atoms with Gasteiger partial charge in [-0.25, -0.2) is 0 Å². The summed E-state index contributed by atoms with van der Waals surface area (Å²) in [6.45, 7) is 8.42. The molecule has 0 aliphatic rings. The maximum atomic E-state index is 6.33. The molecule has 0 atom stereocenters. The monoisotopic (exact) mass is 300 g/mol. The van der Waals surface area contributed by atoms with Crippen LogP contribution in [-0.2, 0) is 6.54 Å². The van der Waals surface area contributed by atoms with Crippen LogP contribution < -0.4 is 5.32 Å². The van der Waals surface area contributed by atoms with Gasteiger partial charge in [0.25, 0.3) is 0 Å². The first-order chi connectivity index (χ1) is 8.78. The van der Waals surface area contributed by atoms with Crippen LogP contribution in [0.4, 0.5) is 0 Å². The molecule has 0 radical (unpaired) electrons. The number of rotatable bonds is 6. The van der Waals surface area contributed by atoms with E-state index in [9.17, 15) is 0 Å². The molecule has 0 bridgehead atoms. The van der Waals surface area contributed by atoms with Gasteiger partial charge >= 0.3 is 0 Å². The molecule has 1 rings (SSSR count). The zero-order chi connectivity index (χ0) is 14.5. The van der Waals surface area contributed by atoms with Crippen molar-refractivity contribution in [2.24, 2.45) is 0 Å². The number of nitrogens with zero attached hydrogens (tertiary/aromatic N) is 1. The van der Waals surface area contributed by atoms with Crippen LogP contribution in [0.2, 0.25) is 5.02 Å². The fraction of sp³-hybridized carbons (Fsp3) is 0.600. The molecule has 0 unspecified atom stereocenters. The molecule has 0 heterocycles. The quantitative estimate of drug-likeness (QED) is 0.803. The Morgan fingerprint density at radius 2 is 1.95 bits per heavy atom. The minimum absolute atomic E-state index is 0.131. The van der Waals surface area contributed by atoms with Crippen molar-refractivity contribution >= 4 is 23.4 Å². The smallest absolute Gasteiger partial charge is 0.0545 e. The Labute approximate surface area is 126 Å². The fourth-order valence-corrected chi connectivity index (χ4v) is 2.88. The van der Waals surface area contributed by atoms with Gasteiger partial charge in [-0.1, -0.05) is 17.7 Å². The predicted molar refractivity (Wildman–Crippen MR) is 87.3 cm³/mol. The van der Waals surface area contributed by atoms with Crippen molar-refractivity contribution < 1.29 is 0 Å². The average Bonchev–Trinajstić information content (AvgIpc) is 2.27. The van der Waals surface area contributed by atoms with Crippen LogP contribution in [0.15, 0.2) is 23.1 Å². The Bertz CT molecular complexity index is 400. The van der Waals surface area contributed by atoms with E-state index in [2.05, 4.69) is 63.3 Å². The summed E-state index contributed by atoms with van der Waals surface area (Å²) in [5.41, 5.74) is 1.36. The molecule has 1 aromatic carbocycles. The molecule has 0 saturated heterocycles. The normalized spacial score (nSPS) is 12.2. The first kappa shape index (κ1) is 16.8. The molecule has 0 spiro atoms. The van der Waals surface area contributed by atoms with Gasteiger partial charge in [0.1, 0.15) is 0 Å². The molecule has 0 saturated carbocycles. The number of benzene rings is 1. The van der Waals surface area contributed by atoms with E-state index < -0.39 is 0 Å². The minimum atomic E-state index is 0.131. The largest absolute Gasteiger partial charge is 0.309 e. The highest BCUT2D eigenvalue weighted by molar-refractivity contribution is 7.99. The van der Waals surface area contributed by atoms with E-state index in [1.807, 2.05) is 11.8 Å². The molecule has 0 aromatic heterocycles. The van der Waals surface area contributed by atoms with Gasteiger partial charge in [-0.15, -0.1) is 11.8 Å². The van der Waals surface area contributed by atoms with E-state index in [0.29, 0.717) is 0 Å². The number of thioether (sulfide) groups is 1. The van der Waals surface area contributed by atoms with E-state index in [0.717, 1.165) is 23.9 Å². The lowest BCUT2D eigenvalue weighted by Crippen LogP contribution is -2.35. The second-order valence-corrected chi connectivity index (χ2v) is 7.56. The summed E-state index contributed by atoms with van der Waals surface area (Å²) in [4.78, 5) is 3.35. The molecule has 2 nitrogen and oxygen atoms in total. The highest BCUT2D eigenvalue weighted by Gasteiger charge is 2.09. The van der Waals surface area contributed by atoms with Crippen molar-refractivity contribution in [2.45, 2.75) is 37.8 Å². The van der Waals surface area contributed by atoms with Gasteiger partial charge in [0, 0.05) is 29.3 Å². The predicted octanol–water partition coefficient (Wildman–Crippen LogP) is 3.88. The van der Waals surface area contributed by atoms with Crippen molar-refractivity contribution in [1.29, 1.82) is 0 Å². The number of halogens is 1. The number of hydrogen-bond acceptors (Lipinski definition) is 3. The second-order valence-electron chi connectivity index (χ2n) is 6.02. The third kappa shape index (κ3) is 7.21. The zero-order valence-electron chi connectivity index (χ0n) is 12.6. The van der Waals surface area contributed by atoms with Gasteiger partial charge in [-0.3, -0.25) is 0 Å². The molecular formula is C15H25ClN2S. The van der Waals surface area contributed by atoms with Crippen molar-refractivity contribution in [1.82, 2.24) is 10.2 Å². The van der Waals surface area contributed by atoms with Gasteiger partial charge < -0.3 is 10.2 Å². The lowest BCUT2D eigenvalue weighted by Gasteiger charge is -2.20. The molecule has 0 aliphatic heterocycles. The molecule has 108 valence electrons. The van der Waals surface area contributed by atoms with Crippen molar-refractivity contribution in [2.75, 3.05) is 26.4 Å². The summed E-state index contributed by atoms with van der Waals surface area (Å²) in [6.07, 6.45) is 0. The summed E-state index contributed by atoms with van der Waals surface area (Å²) >= 11 is 8.15. The van der Waals surface area contributed by atoms with Crippen LogP contribution in [-0.4, -0.2) is 36.8 Å². The highest BCUT2D eigenvalue weighted by Crippen LogP contribution is 2.28. The van der Waals surface area contributed by atoms with Crippen LogP contribution in [0.1, 0.15) is 26.3 Å². The average molecular weight is 301 g/mol. The Hall–Kier alpha value is -0.220. The Kier molecular flexibility index (Phi) is 6.67. The summed E-state index contributed by atoms with van der Waals surface area (Å²) < 4.78 is 0. The topological polar surface area (TPSA) is 15.3 Å². The zero-order valence-corrected chi connectivity index (χ0v) is 14.2. The van der Waals surface area contributed by atoms with Gasteiger partial charge in [0.2, 0.25) is 0 Å². The number of nitrogens with one attached hydrogen (secondary N) is 1. The summed E-state index contributed by atoms with van der Waals surface area (Å²) in [6, 6.07) is 6.35. The fourth-order valence-electron chi connectivity index (χ4n) is 1.48. The lowest BCUT2D eigenvalue weighted by molar-refractivity contribution is 0.424. The van der Waals surface area contributed by atoms with Gasteiger partial charge in [-0.05, 0) is 52.6 Å². The van der Waals surface area contributed by atoms with Crippen LogP contribution >= 0.6 is 23.4 Å². The van der Waals surface area contributed by atoms with Crippen molar-refractivity contribution in [3.8, 4) is 0 Å². The maximum Gasteiger partial charge on any atom is 0.0545 e. The van der Waals surface area contributed by atoms with E-state index in [4.69, 9.17) is 11.6 Å². The maximum absolute atomic E-state index is 6.33. The molecule has 19 heavy (non-hydrogen) atoms. The van der Waals surface area contributed by atoms with Crippen LogP contribution in [0.3, 0.4) is 0 Å². The minimum Gasteiger partial charge on any atom is -0.309 e. The van der Waals surface area contributed by atoms with E-state index in [-0.39, 0.29) is 5.54 Å². The molecule has 1 N–H and O–H groups in total. The van der Waals surface area contributed by atoms with Gasteiger partial charge in [-0.2, -0.15) is 0 Å². The highest BCUT2D eigenvalue weighted by atomic mass is 35.5. The Morgan fingerprint density at radius 1 is 1.26 bits per heavy atom. The standard InChI is InChI=1S/C15H25ClN2S/c1-15(2,3)17-11-12-6-7-14(13(16)10-12)19-9-8-18(4)5/h6-7,10,17H,8-9,11H2,1-5H3. The van der Waals surface area contributed by atoms with Crippen molar-refractivity contribution in [3.05, 3.63) is 28.8 Å². The van der Waals surface area contributed by atoms with Gasteiger partial charge in [0.05, 0.1) is 5.02 Å².